The Kier molecular flexibility index (Phi) is 6.94. The summed E-state index contributed by atoms with van der Waals surface area (Å²) in [5.74, 6) is 0.213. The Morgan fingerprint density at radius 3 is 2.24 bits per heavy atom. The summed E-state index contributed by atoms with van der Waals surface area (Å²) >= 11 is 1.49. The maximum atomic E-state index is 13.1. The molecular formula is C26H28BFN2O3S. The van der Waals surface area contributed by atoms with Crippen LogP contribution in [0.25, 0.3) is 0 Å². The van der Waals surface area contributed by atoms with E-state index in [1.54, 1.807) is 24.5 Å². The monoisotopic (exact) mass is 478 g/mol. The molecule has 1 fully saturated rings. The van der Waals surface area contributed by atoms with Crippen LogP contribution < -0.4 is 5.46 Å². The van der Waals surface area contributed by atoms with Crippen LogP contribution in [0.15, 0.2) is 60.0 Å². The van der Waals surface area contributed by atoms with E-state index < -0.39 is 18.3 Å². The molecule has 0 unspecified atom stereocenters. The average molecular weight is 478 g/mol. The Morgan fingerprint density at radius 1 is 1.00 bits per heavy atom. The fraction of sp³-hybridized carbons (Fsp3) is 0.346. The maximum absolute atomic E-state index is 13.1. The van der Waals surface area contributed by atoms with Crippen molar-refractivity contribution < 1.29 is 18.5 Å². The first-order valence-corrected chi connectivity index (χ1v) is 12.2. The Hall–Kier alpha value is -2.55. The van der Waals surface area contributed by atoms with E-state index in [9.17, 15) is 9.18 Å². The number of rotatable bonds is 7. The van der Waals surface area contributed by atoms with E-state index in [2.05, 4.69) is 35.1 Å². The van der Waals surface area contributed by atoms with Gasteiger partial charge >= 0.3 is 7.12 Å². The van der Waals surface area contributed by atoms with Crippen LogP contribution in [-0.2, 0) is 21.5 Å². The first-order chi connectivity index (χ1) is 16.0. The molecule has 1 aliphatic rings. The summed E-state index contributed by atoms with van der Waals surface area (Å²) in [6.45, 7) is 10.2. The molecule has 0 radical (unpaired) electrons. The minimum Gasteiger partial charge on any atom is -0.399 e. The molecule has 2 aromatic carbocycles. The predicted octanol–water partition coefficient (Wildman–Crippen LogP) is 4.94. The van der Waals surface area contributed by atoms with Crippen LogP contribution in [0.1, 0.15) is 54.7 Å². The molecule has 2 heterocycles. The normalized spacial score (nSPS) is 16.6. The lowest BCUT2D eigenvalue weighted by atomic mass is 9.76. The smallest absolute Gasteiger partial charge is 0.399 e. The number of ketones is 1. The molecule has 0 bridgehead atoms. The molecule has 1 aliphatic heterocycles. The fourth-order valence-electron chi connectivity index (χ4n) is 3.63. The minimum atomic E-state index is -0.437. The van der Waals surface area contributed by atoms with Crippen molar-refractivity contribution in [1.29, 1.82) is 0 Å². The van der Waals surface area contributed by atoms with Crippen molar-refractivity contribution in [3.8, 4) is 0 Å². The zero-order chi connectivity index (χ0) is 24.5. The van der Waals surface area contributed by atoms with Crippen molar-refractivity contribution in [3.05, 3.63) is 82.9 Å². The lowest BCUT2D eigenvalue weighted by molar-refractivity contribution is 0.00578. The molecule has 4 rings (SSSR count). The number of hydrogen-bond acceptors (Lipinski definition) is 6. The number of aromatic nitrogens is 2. The molecule has 0 N–H and O–H groups in total. The summed E-state index contributed by atoms with van der Waals surface area (Å²) < 4.78 is 25.6. The van der Waals surface area contributed by atoms with Crippen LogP contribution in [0.2, 0.25) is 0 Å². The number of halogens is 1. The molecule has 5 nitrogen and oxygen atoms in total. The number of Topliss-reactive ketones (excluding diaryl/α,β-unsaturated/α-hetero) is 1. The van der Waals surface area contributed by atoms with Crippen molar-refractivity contribution in [1.82, 2.24) is 9.97 Å². The average Bonchev–Trinajstić information content (AvgIpc) is 3.01. The van der Waals surface area contributed by atoms with Gasteiger partial charge in [-0.1, -0.05) is 47.7 Å². The van der Waals surface area contributed by atoms with Gasteiger partial charge in [0.05, 0.1) is 16.8 Å². The van der Waals surface area contributed by atoms with Crippen LogP contribution in [0.3, 0.4) is 0 Å². The number of benzene rings is 2. The Morgan fingerprint density at radius 2 is 1.62 bits per heavy atom. The molecule has 0 atom stereocenters. The van der Waals surface area contributed by atoms with Gasteiger partial charge in [-0.25, -0.2) is 14.4 Å². The highest BCUT2D eigenvalue weighted by molar-refractivity contribution is 7.98. The number of aryl methyl sites for hydroxylation is 1. The highest BCUT2D eigenvalue weighted by Gasteiger charge is 2.52. The van der Waals surface area contributed by atoms with Gasteiger partial charge in [0.2, 0.25) is 0 Å². The van der Waals surface area contributed by atoms with Gasteiger partial charge in [-0.15, -0.1) is 0 Å². The van der Waals surface area contributed by atoms with Gasteiger partial charge in [0.15, 0.2) is 10.9 Å². The molecule has 0 saturated carbocycles. The summed E-state index contributed by atoms with van der Waals surface area (Å²) in [6, 6.07) is 12.2. The summed E-state index contributed by atoms with van der Waals surface area (Å²) in [6.07, 6.45) is 3.27. The SMILES string of the molecule is Cc1ccc(B2OC(C)(C)C(C)(C)O2)c(CSc2ncc(C(=O)Cc3ccc(F)cc3)cn2)c1. The van der Waals surface area contributed by atoms with E-state index in [1.807, 2.05) is 27.7 Å². The van der Waals surface area contributed by atoms with Gasteiger partial charge in [-0.05, 0) is 63.3 Å². The Bertz CT molecular complexity index is 1170. The van der Waals surface area contributed by atoms with E-state index in [-0.39, 0.29) is 18.0 Å². The highest BCUT2D eigenvalue weighted by atomic mass is 32.2. The second kappa shape index (κ2) is 9.60. The highest BCUT2D eigenvalue weighted by Crippen LogP contribution is 2.37. The Labute approximate surface area is 204 Å². The number of thioether (sulfide) groups is 1. The standard InChI is InChI=1S/C26H28BFN2O3S/c1-17-6-11-22(27-32-25(2,3)26(4,5)33-27)19(12-17)16-34-24-29-14-20(15-30-24)23(31)13-18-7-9-21(28)10-8-18/h6-12,14-15H,13,16H2,1-5H3. The summed E-state index contributed by atoms with van der Waals surface area (Å²) in [5, 5.41) is 0.583. The summed E-state index contributed by atoms with van der Waals surface area (Å²) in [7, 11) is -0.437. The third-order valence-corrected chi connectivity index (χ3v) is 7.31. The van der Waals surface area contributed by atoms with Crippen LogP contribution in [0.5, 0.6) is 0 Å². The second-order valence-electron chi connectivity index (χ2n) is 9.56. The molecular weight excluding hydrogens is 450 g/mol. The van der Waals surface area contributed by atoms with Crippen molar-refractivity contribution >= 4 is 30.1 Å². The van der Waals surface area contributed by atoms with Gasteiger partial charge in [0, 0.05) is 24.6 Å². The van der Waals surface area contributed by atoms with Crippen molar-refractivity contribution in [2.45, 2.75) is 63.2 Å². The van der Waals surface area contributed by atoms with Crippen molar-refractivity contribution in [2.24, 2.45) is 0 Å². The van der Waals surface area contributed by atoms with Gasteiger partial charge in [0.1, 0.15) is 5.82 Å². The number of carbonyl (C=O) groups is 1. The summed E-state index contributed by atoms with van der Waals surface area (Å²) in [5.41, 5.74) is 3.62. The second-order valence-corrected chi connectivity index (χ2v) is 10.5. The molecule has 1 aromatic heterocycles. The van der Waals surface area contributed by atoms with E-state index in [1.165, 1.54) is 23.9 Å². The molecule has 3 aromatic rings. The molecule has 8 heteroatoms. The maximum Gasteiger partial charge on any atom is 0.495 e. The van der Waals surface area contributed by atoms with E-state index in [0.29, 0.717) is 16.5 Å². The fourth-order valence-corrected chi connectivity index (χ4v) is 4.42. The number of nitrogens with zero attached hydrogens (tertiary/aromatic N) is 2. The third kappa shape index (κ3) is 5.40. The third-order valence-electron chi connectivity index (χ3n) is 6.39. The Balaban J connectivity index is 1.43. The minimum absolute atomic E-state index is 0.107. The first-order valence-electron chi connectivity index (χ1n) is 11.2. The zero-order valence-corrected chi connectivity index (χ0v) is 20.9. The van der Waals surface area contributed by atoms with E-state index in [4.69, 9.17) is 9.31 Å². The lowest BCUT2D eigenvalue weighted by Crippen LogP contribution is -2.41. The molecule has 0 spiro atoms. The van der Waals surface area contributed by atoms with Crippen LogP contribution in [0, 0.1) is 12.7 Å². The number of carbonyl (C=O) groups excluding carboxylic acids is 1. The molecule has 0 amide bonds. The van der Waals surface area contributed by atoms with Gasteiger partial charge in [-0.3, -0.25) is 4.79 Å². The molecule has 34 heavy (non-hydrogen) atoms. The van der Waals surface area contributed by atoms with Crippen molar-refractivity contribution in [3.63, 3.8) is 0 Å². The lowest BCUT2D eigenvalue weighted by Gasteiger charge is -2.32. The molecule has 1 saturated heterocycles. The molecule has 0 aliphatic carbocycles. The first kappa shape index (κ1) is 24.6. The predicted molar refractivity (Wildman–Crippen MR) is 133 cm³/mol. The van der Waals surface area contributed by atoms with Crippen LogP contribution in [-0.4, -0.2) is 34.1 Å². The number of hydrogen-bond donors (Lipinski definition) is 0. The molecule has 176 valence electrons. The van der Waals surface area contributed by atoms with Gasteiger partial charge < -0.3 is 9.31 Å². The van der Waals surface area contributed by atoms with Crippen LogP contribution >= 0.6 is 11.8 Å². The quantitative estimate of drug-likeness (QED) is 0.208. The van der Waals surface area contributed by atoms with Gasteiger partial charge in [-0.2, -0.15) is 0 Å². The van der Waals surface area contributed by atoms with Crippen LogP contribution in [0.4, 0.5) is 4.39 Å². The zero-order valence-electron chi connectivity index (χ0n) is 20.1. The van der Waals surface area contributed by atoms with Gasteiger partial charge in [0.25, 0.3) is 0 Å². The largest absolute Gasteiger partial charge is 0.495 e. The van der Waals surface area contributed by atoms with Crippen molar-refractivity contribution in [2.75, 3.05) is 0 Å². The van der Waals surface area contributed by atoms with E-state index >= 15 is 0 Å². The summed E-state index contributed by atoms with van der Waals surface area (Å²) in [4.78, 5) is 21.3. The van der Waals surface area contributed by atoms with E-state index in [0.717, 1.165) is 22.2 Å². The topological polar surface area (TPSA) is 61.3 Å².